The zero-order valence-corrected chi connectivity index (χ0v) is 15.0. The van der Waals surface area contributed by atoms with E-state index in [9.17, 15) is 18.0 Å². The van der Waals surface area contributed by atoms with Gasteiger partial charge in [-0.2, -0.15) is 13.2 Å². The van der Waals surface area contributed by atoms with Gasteiger partial charge in [-0.05, 0) is 42.3 Å². The molecule has 0 spiro atoms. The quantitative estimate of drug-likeness (QED) is 0.629. The molecule has 1 amide bonds. The molecule has 0 radical (unpaired) electrons. The molecule has 1 heterocycles. The third-order valence-corrected chi connectivity index (χ3v) is 4.22. The molecule has 0 atom stereocenters. The minimum absolute atomic E-state index is 0.0263. The van der Waals surface area contributed by atoms with E-state index in [4.69, 9.17) is 0 Å². The predicted molar refractivity (Wildman–Crippen MR) is 102 cm³/mol. The monoisotopic (exact) mass is 385 g/mol. The van der Waals surface area contributed by atoms with Gasteiger partial charge >= 0.3 is 6.18 Å². The van der Waals surface area contributed by atoms with Crippen molar-refractivity contribution in [3.63, 3.8) is 0 Å². The van der Waals surface area contributed by atoms with Crippen molar-refractivity contribution in [2.24, 2.45) is 0 Å². The van der Waals surface area contributed by atoms with Gasteiger partial charge in [-0.25, -0.2) is 4.98 Å². The summed E-state index contributed by atoms with van der Waals surface area (Å²) in [6, 6.07) is 15.9. The smallest absolute Gasteiger partial charge is 0.380 e. The molecule has 0 aliphatic carbocycles. The average molecular weight is 385 g/mol. The third kappa shape index (κ3) is 4.68. The lowest BCUT2D eigenvalue weighted by Crippen LogP contribution is -2.17. The first-order valence-corrected chi connectivity index (χ1v) is 8.56. The Morgan fingerprint density at radius 1 is 1.00 bits per heavy atom. The molecule has 3 aromatic rings. The molecular weight excluding hydrogens is 367 g/mol. The van der Waals surface area contributed by atoms with E-state index in [1.807, 2.05) is 31.2 Å². The fourth-order valence-electron chi connectivity index (χ4n) is 2.66. The molecule has 1 aromatic heterocycles. The van der Waals surface area contributed by atoms with E-state index in [0.29, 0.717) is 12.2 Å². The second kappa shape index (κ2) is 8.12. The molecule has 3 rings (SSSR count). The summed E-state index contributed by atoms with van der Waals surface area (Å²) in [5.41, 5.74) is 1.81. The van der Waals surface area contributed by atoms with Crippen LogP contribution < -0.4 is 10.6 Å². The summed E-state index contributed by atoms with van der Waals surface area (Å²) in [4.78, 5) is 16.3. The Hall–Kier alpha value is -3.35. The number of aryl methyl sites for hydroxylation is 1. The number of hydrogen-bond acceptors (Lipinski definition) is 3. The first-order valence-electron chi connectivity index (χ1n) is 8.56. The molecule has 0 saturated carbocycles. The predicted octanol–water partition coefficient (Wildman–Crippen LogP) is 5.27. The van der Waals surface area contributed by atoms with Gasteiger partial charge in [-0.3, -0.25) is 4.79 Å². The minimum Gasteiger partial charge on any atom is -0.380 e. The number of pyridine rings is 1. The fraction of sp³-hybridized carbons (Fsp3) is 0.143. The van der Waals surface area contributed by atoms with Crippen molar-refractivity contribution in [2.75, 3.05) is 10.6 Å². The SMILES string of the molecule is Cc1ccccc1CNc1ccc(C(=O)Nc2ccccc2C(F)(F)F)nc1. The number of anilines is 2. The number of nitrogens with zero attached hydrogens (tertiary/aromatic N) is 1. The molecule has 0 fully saturated rings. The van der Waals surface area contributed by atoms with Crippen LogP contribution in [0, 0.1) is 6.92 Å². The number of alkyl halides is 3. The molecule has 0 unspecified atom stereocenters. The minimum atomic E-state index is -4.55. The van der Waals surface area contributed by atoms with Crippen LogP contribution in [-0.4, -0.2) is 10.9 Å². The number of aromatic nitrogens is 1. The second-order valence-corrected chi connectivity index (χ2v) is 6.21. The van der Waals surface area contributed by atoms with E-state index < -0.39 is 17.6 Å². The number of carbonyl (C=O) groups excluding carboxylic acids is 1. The van der Waals surface area contributed by atoms with Crippen LogP contribution in [-0.2, 0) is 12.7 Å². The molecular formula is C21H18F3N3O. The maximum Gasteiger partial charge on any atom is 0.418 e. The molecule has 0 aliphatic heterocycles. The van der Waals surface area contributed by atoms with Crippen molar-refractivity contribution >= 4 is 17.3 Å². The summed E-state index contributed by atoms with van der Waals surface area (Å²) in [7, 11) is 0. The van der Waals surface area contributed by atoms with Crippen LogP contribution in [0.25, 0.3) is 0 Å². The normalized spacial score (nSPS) is 11.1. The Labute approximate surface area is 160 Å². The van der Waals surface area contributed by atoms with Gasteiger partial charge in [0.1, 0.15) is 5.69 Å². The molecule has 28 heavy (non-hydrogen) atoms. The summed E-state index contributed by atoms with van der Waals surface area (Å²) in [6.45, 7) is 2.61. The highest BCUT2D eigenvalue weighted by Crippen LogP contribution is 2.34. The number of nitrogens with one attached hydrogen (secondary N) is 2. The molecule has 0 aliphatic rings. The van der Waals surface area contributed by atoms with E-state index in [1.165, 1.54) is 30.5 Å². The van der Waals surface area contributed by atoms with Crippen molar-refractivity contribution in [2.45, 2.75) is 19.6 Å². The second-order valence-electron chi connectivity index (χ2n) is 6.21. The number of para-hydroxylation sites is 1. The molecule has 2 aromatic carbocycles. The van der Waals surface area contributed by atoms with E-state index in [0.717, 1.165) is 17.2 Å². The highest BCUT2D eigenvalue weighted by Gasteiger charge is 2.33. The van der Waals surface area contributed by atoms with Crippen molar-refractivity contribution in [3.8, 4) is 0 Å². The van der Waals surface area contributed by atoms with Gasteiger partial charge in [-0.1, -0.05) is 36.4 Å². The summed E-state index contributed by atoms with van der Waals surface area (Å²) >= 11 is 0. The fourth-order valence-corrected chi connectivity index (χ4v) is 2.66. The van der Waals surface area contributed by atoms with E-state index in [2.05, 4.69) is 15.6 Å². The van der Waals surface area contributed by atoms with Crippen molar-refractivity contribution < 1.29 is 18.0 Å². The molecule has 4 nitrogen and oxygen atoms in total. The third-order valence-electron chi connectivity index (χ3n) is 4.22. The van der Waals surface area contributed by atoms with Gasteiger partial charge in [0, 0.05) is 6.54 Å². The van der Waals surface area contributed by atoms with E-state index in [-0.39, 0.29) is 11.4 Å². The standard InChI is InChI=1S/C21H18F3N3O/c1-14-6-2-3-7-15(14)12-25-16-10-11-19(26-13-16)20(28)27-18-9-5-4-8-17(18)21(22,23)24/h2-11,13,25H,12H2,1H3,(H,27,28). The highest BCUT2D eigenvalue weighted by atomic mass is 19.4. The maximum absolute atomic E-state index is 13.0. The molecule has 144 valence electrons. The van der Waals surface area contributed by atoms with Crippen LogP contribution in [0.5, 0.6) is 0 Å². The van der Waals surface area contributed by atoms with Gasteiger partial charge in [-0.15, -0.1) is 0 Å². The van der Waals surface area contributed by atoms with Crippen molar-refractivity contribution in [1.29, 1.82) is 0 Å². The van der Waals surface area contributed by atoms with Gasteiger partial charge in [0.05, 0.1) is 23.1 Å². The molecule has 0 saturated heterocycles. The van der Waals surface area contributed by atoms with Gasteiger partial charge in [0.2, 0.25) is 0 Å². The molecule has 0 bridgehead atoms. The van der Waals surface area contributed by atoms with Crippen LogP contribution in [0.2, 0.25) is 0 Å². The maximum atomic E-state index is 13.0. The number of hydrogen-bond donors (Lipinski definition) is 2. The first-order chi connectivity index (χ1) is 13.3. The lowest BCUT2D eigenvalue weighted by Gasteiger charge is -2.13. The first kappa shape index (κ1) is 19.4. The van der Waals surface area contributed by atoms with Crippen molar-refractivity contribution in [3.05, 3.63) is 89.2 Å². The topological polar surface area (TPSA) is 54.0 Å². The lowest BCUT2D eigenvalue weighted by atomic mass is 10.1. The number of carbonyl (C=O) groups is 1. The van der Waals surface area contributed by atoms with Crippen LogP contribution in [0.15, 0.2) is 66.9 Å². The van der Waals surface area contributed by atoms with Crippen LogP contribution in [0.4, 0.5) is 24.5 Å². The van der Waals surface area contributed by atoms with Gasteiger partial charge in [0.25, 0.3) is 5.91 Å². The zero-order valence-electron chi connectivity index (χ0n) is 15.0. The number of benzene rings is 2. The Morgan fingerprint density at radius 3 is 2.39 bits per heavy atom. The Morgan fingerprint density at radius 2 is 1.71 bits per heavy atom. The summed E-state index contributed by atoms with van der Waals surface area (Å²) in [6.07, 6.45) is -3.08. The van der Waals surface area contributed by atoms with Crippen LogP contribution >= 0.6 is 0 Å². The number of amides is 1. The van der Waals surface area contributed by atoms with Gasteiger partial charge in [0.15, 0.2) is 0 Å². The average Bonchev–Trinajstić information content (AvgIpc) is 2.67. The van der Waals surface area contributed by atoms with E-state index >= 15 is 0 Å². The lowest BCUT2D eigenvalue weighted by molar-refractivity contribution is -0.136. The Balaban J connectivity index is 1.67. The van der Waals surface area contributed by atoms with E-state index in [1.54, 1.807) is 6.07 Å². The summed E-state index contributed by atoms with van der Waals surface area (Å²) in [5, 5.41) is 5.48. The van der Waals surface area contributed by atoms with Crippen molar-refractivity contribution in [1.82, 2.24) is 4.98 Å². The Bertz CT molecular complexity index is 969. The van der Waals surface area contributed by atoms with Crippen LogP contribution in [0.1, 0.15) is 27.2 Å². The summed E-state index contributed by atoms with van der Waals surface area (Å²) in [5.74, 6) is -0.706. The number of halogens is 3. The highest BCUT2D eigenvalue weighted by molar-refractivity contribution is 6.03. The largest absolute Gasteiger partial charge is 0.418 e. The number of rotatable bonds is 5. The Kier molecular flexibility index (Phi) is 5.63. The molecule has 7 heteroatoms. The van der Waals surface area contributed by atoms with Gasteiger partial charge < -0.3 is 10.6 Å². The zero-order chi connectivity index (χ0) is 20.1. The van der Waals surface area contributed by atoms with Crippen LogP contribution in [0.3, 0.4) is 0 Å². The molecule has 2 N–H and O–H groups in total. The summed E-state index contributed by atoms with van der Waals surface area (Å²) < 4.78 is 39.1.